The third kappa shape index (κ3) is 2.67. The molecule has 18 heavy (non-hydrogen) atoms. The van der Waals surface area contributed by atoms with Crippen molar-refractivity contribution < 1.29 is 13.5 Å². The Morgan fingerprint density at radius 3 is 2.28 bits per heavy atom. The van der Waals surface area contributed by atoms with Gasteiger partial charge in [-0.15, -0.1) is 0 Å². The summed E-state index contributed by atoms with van der Waals surface area (Å²) in [7, 11) is -3.13. The lowest BCUT2D eigenvalue weighted by Gasteiger charge is -2.45. The molecule has 1 aliphatic heterocycles. The van der Waals surface area contributed by atoms with Gasteiger partial charge in [-0.2, -0.15) is 0 Å². The number of hydrogen-bond acceptors (Lipinski definition) is 4. The van der Waals surface area contributed by atoms with Crippen LogP contribution in [-0.2, 0) is 9.84 Å². The van der Waals surface area contributed by atoms with Gasteiger partial charge in [0.15, 0.2) is 9.84 Å². The van der Waals surface area contributed by atoms with Crippen LogP contribution in [0.5, 0.6) is 0 Å². The Morgan fingerprint density at radius 1 is 1.28 bits per heavy atom. The van der Waals surface area contributed by atoms with E-state index in [4.69, 9.17) is 0 Å². The van der Waals surface area contributed by atoms with Gasteiger partial charge in [-0.1, -0.05) is 6.92 Å². The minimum absolute atomic E-state index is 0.185. The first-order chi connectivity index (χ1) is 8.34. The highest BCUT2D eigenvalue weighted by Crippen LogP contribution is 2.28. The summed E-state index contributed by atoms with van der Waals surface area (Å²) >= 11 is 0. The molecular formula is C13H19NO3S. The predicted octanol–water partition coefficient (Wildman–Crippen LogP) is 1.44. The Morgan fingerprint density at radius 2 is 1.83 bits per heavy atom. The molecule has 1 aromatic rings. The van der Waals surface area contributed by atoms with Crippen LogP contribution < -0.4 is 4.90 Å². The van der Waals surface area contributed by atoms with Crippen molar-refractivity contribution in [2.24, 2.45) is 0 Å². The first kappa shape index (κ1) is 13.4. The lowest BCUT2D eigenvalue weighted by Crippen LogP contribution is -2.60. The van der Waals surface area contributed by atoms with Gasteiger partial charge in [0.2, 0.25) is 0 Å². The van der Waals surface area contributed by atoms with Gasteiger partial charge < -0.3 is 10.0 Å². The summed E-state index contributed by atoms with van der Waals surface area (Å²) in [6, 6.07) is 6.90. The predicted molar refractivity (Wildman–Crippen MR) is 71.6 cm³/mol. The lowest BCUT2D eigenvalue weighted by molar-refractivity contribution is 0.0310. The van der Waals surface area contributed by atoms with Gasteiger partial charge in [-0.25, -0.2) is 8.42 Å². The minimum Gasteiger partial charge on any atom is -0.386 e. The van der Waals surface area contributed by atoms with Gasteiger partial charge in [-0.05, 0) is 37.6 Å². The van der Waals surface area contributed by atoms with Crippen molar-refractivity contribution in [3.05, 3.63) is 24.3 Å². The molecular weight excluding hydrogens is 250 g/mol. The minimum atomic E-state index is -3.13. The largest absolute Gasteiger partial charge is 0.386 e. The molecule has 2 rings (SSSR count). The summed E-state index contributed by atoms with van der Waals surface area (Å²) in [5, 5.41) is 9.66. The van der Waals surface area contributed by atoms with E-state index in [0.29, 0.717) is 24.4 Å². The number of anilines is 1. The molecule has 100 valence electrons. The topological polar surface area (TPSA) is 57.6 Å². The maximum absolute atomic E-state index is 11.8. The molecule has 1 N–H and O–H groups in total. The Labute approximate surface area is 108 Å². The molecule has 0 aromatic heterocycles. The van der Waals surface area contributed by atoms with E-state index in [0.717, 1.165) is 5.69 Å². The second-order valence-electron chi connectivity index (χ2n) is 5.17. The van der Waals surface area contributed by atoms with Crippen LogP contribution in [0.2, 0.25) is 0 Å². The normalized spacial score (nSPS) is 18.5. The Kier molecular flexibility index (Phi) is 3.38. The van der Waals surface area contributed by atoms with Gasteiger partial charge in [0.1, 0.15) is 0 Å². The Hall–Kier alpha value is -1.07. The van der Waals surface area contributed by atoms with Gasteiger partial charge in [0.25, 0.3) is 0 Å². The van der Waals surface area contributed by atoms with Gasteiger partial charge in [0, 0.05) is 18.8 Å². The van der Waals surface area contributed by atoms with E-state index >= 15 is 0 Å². The monoisotopic (exact) mass is 269 g/mol. The summed E-state index contributed by atoms with van der Waals surface area (Å²) in [6.45, 7) is 4.83. The van der Waals surface area contributed by atoms with Crippen LogP contribution in [0.3, 0.4) is 0 Å². The fourth-order valence-corrected chi connectivity index (χ4v) is 3.53. The highest BCUT2D eigenvalue weighted by atomic mass is 32.2. The van der Waals surface area contributed by atoms with Crippen LogP contribution in [-0.4, -0.2) is 38.0 Å². The van der Waals surface area contributed by atoms with Crippen LogP contribution in [0.15, 0.2) is 29.2 Å². The van der Waals surface area contributed by atoms with E-state index in [1.807, 2.05) is 11.8 Å². The van der Waals surface area contributed by atoms with Gasteiger partial charge in [0.05, 0.1) is 16.2 Å². The number of nitrogens with zero attached hydrogens (tertiary/aromatic N) is 1. The van der Waals surface area contributed by atoms with Crippen LogP contribution >= 0.6 is 0 Å². The molecule has 0 bridgehead atoms. The molecule has 0 aliphatic carbocycles. The summed E-state index contributed by atoms with van der Waals surface area (Å²) in [6.07, 6.45) is 0.624. The first-order valence-corrected chi connectivity index (χ1v) is 7.79. The SMILES string of the molecule is CCCS(=O)(=O)c1ccc(N2CC(C)(O)C2)cc1. The number of benzene rings is 1. The molecule has 0 spiro atoms. The third-order valence-electron chi connectivity index (χ3n) is 3.10. The number of hydrogen-bond donors (Lipinski definition) is 1. The lowest BCUT2D eigenvalue weighted by atomic mass is 9.96. The van der Waals surface area contributed by atoms with Gasteiger partial charge >= 0.3 is 0 Å². The number of aliphatic hydroxyl groups is 1. The van der Waals surface area contributed by atoms with E-state index in [-0.39, 0.29) is 5.75 Å². The standard InChI is InChI=1S/C13H19NO3S/c1-3-8-18(16,17)12-6-4-11(5-7-12)14-9-13(2,15)10-14/h4-7,15H,3,8-10H2,1-2H3. The van der Waals surface area contributed by atoms with Crippen molar-refractivity contribution in [1.82, 2.24) is 0 Å². The van der Waals surface area contributed by atoms with Crippen molar-refractivity contribution in [1.29, 1.82) is 0 Å². The summed E-state index contributed by atoms with van der Waals surface area (Å²) in [5.74, 6) is 0.185. The Balaban J connectivity index is 2.12. The molecule has 0 unspecified atom stereocenters. The molecule has 4 nitrogen and oxygen atoms in total. The molecule has 0 amide bonds. The summed E-state index contributed by atoms with van der Waals surface area (Å²) in [5.41, 5.74) is 0.337. The molecule has 0 radical (unpaired) electrons. The molecule has 1 heterocycles. The van der Waals surface area contributed by atoms with E-state index in [1.54, 1.807) is 31.2 Å². The number of sulfone groups is 1. The van der Waals surface area contributed by atoms with E-state index < -0.39 is 15.4 Å². The van der Waals surface area contributed by atoms with Gasteiger partial charge in [-0.3, -0.25) is 0 Å². The van der Waals surface area contributed by atoms with E-state index in [1.165, 1.54) is 0 Å². The van der Waals surface area contributed by atoms with Crippen LogP contribution in [0.25, 0.3) is 0 Å². The van der Waals surface area contributed by atoms with E-state index in [9.17, 15) is 13.5 Å². The maximum Gasteiger partial charge on any atom is 0.178 e. The summed E-state index contributed by atoms with van der Waals surface area (Å²) < 4.78 is 23.7. The zero-order valence-corrected chi connectivity index (χ0v) is 11.6. The van der Waals surface area contributed by atoms with Crippen molar-refractivity contribution in [2.75, 3.05) is 23.7 Å². The molecule has 1 aromatic carbocycles. The number of rotatable bonds is 4. The van der Waals surface area contributed by atoms with Crippen molar-refractivity contribution >= 4 is 15.5 Å². The van der Waals surface area contributed by atoms with E-state index in [2.05, 4.69) is 0 Å². The molecule has 1 aliphatic rings. The quantitative estimate of drug-likeness (QED) is 0.898. The van der Waals surface area contributed by atoms with Crippen molar-refractivity contribution in [2.45, 2.75) is 30.8 Å². The highest BCUT2D eigenvalue weighted by Gasteiger charge is 2.36. The average molecular weight is 269 g/mol. The highest BCUT2D eigenvalue weighted by molar-refractivity contribution is 7.91. The summed E-state index contributed by atoms with van der Waals surface area (Å²) in [4.78, 5) is 2.40. The van der Waals surface area contributed by atoms with Crippen LogP contribution in [0.1, 0.15) is 20.3 Å². The Bertz CT molecular complexity index is 512. The van der Waals surface area contributed by atoms with Crippen LogP contribution in [0.4, 0.5) is 5.69 Å². The zero-order chi connectivity index (χ0) is 13.4. The fraction of sp³-hybridized carbons (Fsp3) is 0.538. The molecule has 5 heteroatoms. The van der Waals surface area contributed by atoms with Crippen LogP contribution in [0, 0.1) is 0 Å². The zero-order valence-electron chi connectivity index (χ0n) is 10.8. The first-order valence-electron chi connectivity index (χ1n) is 6.14. The fourth-order valence-electron chi connectivity index (χ4n) is 2.21. The second-order valence-corrected chi connectivity index (χ2v) is 7.27. The molecule has 1 fully saturated rings. The molecule has 0 atom stereocenters. The molecule has 0 saturated carbocycles. The maximum atomic E-state index is 11.8. The second kappa shape index (κ2) is 4.55. The molecule has 1 saturated heterocycles. The van der Waals surface area contributed by atoms with Crippen molar-refractivity contribution in [3.8, 4) is 0 Å². The average Bonchev–Trinajstić information content (AvgIpc) is 2.26. The third-order valence-corrected chi connectivity index (χ3v) is 5.03. The van der Waals surface area contributed by atoms with Crippen molar-refractivity contribution in [3.63, 3.8) is 0 Å². The smallest absolute Gasteiger partial charge is 0.178 e. The number of β-amino-alcohol motifs (C(OH)–C–C–N with tert-alkyl or cyclic N) is 1.